The van der Waals surface area contributed by atoms with E-state index in [9.17, 15) is 0 Å². The highest BCUT2D eigenvalue weighted by Crippen LogP contribution is 2.23. The van der Waals surface area contributed by atoms with Crippen molar-refractivity contribution in [2.75, 3.05) is 25.0 Å². The molecule has 1 atom stereocenters. The van der Waals surface area contributed by atoms with E-state index in [1.807, 2.05) is 19.9 Å². The highest BCUT2D eigenvalue weighted by molar-refractivity contribution is 7.07. The van der Waals surface area contributed by atoms with E-state index in [-0.39, 0.29) is 0 Å². The van der Waals surface area contributed by atoms with Crippen LogP contribution in [0.15, 0.2) is 22.9 Å². The Morgan fingerprint density at radius 1 is 1.19 bits per heavy atom. The van der Waals surface area contributed by atoms with Crippen molar-refractivity contribution in [3.8, 4) is 0 Å². The van der Waals surface area contributed by atoms with Crippen molar-refractivity contribution in [1.82, 2.24) is 14.9 Å². The van der Waals surface area contributed by atoms with Gasteiger partial charge in [-0.1, -0.05) is 13.8 Å². The molecule has 0 fully saturated rings. The molecule has 0 aliphatic rings. The van der Waals surface area contributed by atoms with Crippen LogP contribution >= 0.6 is 11.3 Å². The van der Waals surface area contributed by atoms with Crippen molar-refractivity contribution in [2.24, 2.45) is 0 Å². The highest BCUT2D eigenvalue weighted by atomic mass is 32.1. The van der Waals surface area contributed by atoms with E-state index in [1.54, 1.807) is 11.3 Å². The Hall–Kier alpha value is -1.46. The molecular formula is C16H24N4S. The van der Waals surface area contributed by atoms with Crippen LogP contribution in [0, 0.1) is 13.8 Å². The third-order valence-electron chi connectivity index (χ3n) is 3.62. The Balaban J connectivity index is 2.12. The Labute approximate surface area is 131 Å². The van der Waals surface area contributed by atoms with Crippen molar-refractivity contribution in [3.63, 3.8) is 0 Å². The molecule has 114 valence electrons. The fourth-order valence-corrected chi connectivity index (χ4v) is 3.29. The fraction of sp³-hybridized carbons (Fsp3) is 0.500. The number of likely N-dealkylation sites (N-methyl/N-ethyl adjacent to an activating group) is 1. The molecule has 0 aromatic carbocycles. The van der Waals surface area contributed by atoms with Crippen molar-refractivity contribution < 1.29 is 0 Å². The zero-order valence-electron chi connectivity index (χ0n) is 13.3. The van der Waals surface area contributed by atoms with E-state index < -0.39 is 0 Å². The number of aromatic nitrogens is 2. The zero-order valence-corrected chi connectivity index (χ0v) is 14.1. The molecule has 5 heteroatoms. The normalized spacial score (nSPS) is 12.6. The summed E-state index contributed by atoms with van der Waals surface area (Å²) in [7, 11) is 0. The van der Waals surface area contributed by atoms with Crippen LogP contribution in [0.2, 0.25) is 0 Å². The van der Waals surface area contributed by atoms with E-state index in [1.165, 1.54) is 5.56 Å². The summed E-state index contributed by atoms with van der Waals surface area (Å²) in [4.78, 5) is 11.4. The maximum atomic E-state index is 4.46. The van der Waals surface area contributed by atoms with Gasteiger partial charge in [0.25, 0.3) is 0 Å². The lowest BCUT2D eigenvalue weighted by Gasteiger charge is -2.29. The number of hydrogen-bond acceptors (Lipinski definition) is 5. The number of nitrogens with zero attached hydrogens (tertiary/aromatic N) is 3. The van der Waals surface area contributed by atoms with Gasteiger partial charge < -0.3 is 5.32 Å². The molecule has 2 rings (SSSR count). The smallest absolute Gasteiger partial charge is 0.223 e. The second kappa shape index (κ2) is 7.52. The van der Waals surface area contributed by atoms with Gasteiger partial charge in [0.05, 0.1) is 6.04 Å². The van der Waals surface area contributed by atoms with Gasteiger partial charge in [0.15, 0.2) is 0 Å². The van der Waals surface area contributed by atoms with E-state index in [2.05, 4.69) is 50.9 Å². The molecule has 0 saturated heterocycles. The number of hydrogen-bond donors (Lipinski definition) is 1. The number of nitrogens with one attached hydrogen (secondary N) is 1. The van der Waals surface area contributed by atoms with Crippen LogP contribution in [-0.2, 0) is 0 Å². The van der Waals surface area contributed by atoms with Crippen molar-refractivity contribution >= 4 is 17.3 Å². The van der Waals surface area contributed by atoms with Gasteiger partial charge in [-0.2, -0.15) is 11.3 Å². The third kappa shape index (κ3) is 4.25. The van der Waals surface area contributed by atoms with Crippen LogP contribution in [0.5, 0.6) is 0 Å². The Bertz CT molecular complexity index is 529. The van der Waals surface area contributed by atoms with Gasteiger partial charge in [-0.05, 0) is 55.4 Å². The predicted octanol–water partition coefficient (Wildman–Crippen LogP) is 3.65. The molecule has 2 aromatic heterocycles. The van der Waals surface area contributed by atoms with Crippen molar-refractivity contribution in [1.29, 1.82) is 0 Å². The van der Waals surface area contributed by atoms with Crippen LogP contribution in [-0.4, -0.2) is 34.5 Å². The monoisotopic (exact) mass is 304 g/mol. The van der Waals surface area contributed by atoms with Crippen molar-refractivity contribution in [3.05, 3.63) is 39.8 Å². The second-order valence-electron chi connectivity index (χ2n) is 5.15. The summed E-state index contributed by atoms with van der Waals surface area (Å²) < 4.78 is 0. The lowest BCUT2D eigenvalue weighted by atomic mass is 10.1. The van der Waals surface area contributed by atoms with Crippen LogP contribution < -0.4 is 5.32 Å². The summed E-state index contributed by atoms with van der Waals surface area (Å²) in [5.74, 6) is 0.722. The van der Waals surface area contributed by atoms with E-state index in [4.69, 9.17) is 0 Å². The number of rotatable bonds is 7. The molecule has 0 radical (unpaired) electrons. The minimum atomic E-state index is 0.357. The zero-order chi connectivity index (χ0) is 15.2. The van der Waals surface area contributed by atoms with Gasteiger partial charge >= 0.3 is 0 Å². The Kier molecular flexibility index (Phi) is 5.70. The molecule has 0 amide bonds. The maximum Gasteiger partial charge on any atom is 0.223 e. The molecule has 0 aliphatic carbocycles. The molecule has 21 heavy (non-hydrogen) atoms. The summed E-state index contributed by atoms with van der Waals surface area (Å²) in [5, 5.41) is 7.77. The summed E-state index contributed by atoms with van der Waals surface area (Å²) in [6, 6.07) is 4.56. The Morgan fingerprint density at radius 3 is 2.38 bits per heavy atom. The summed E-state index contributed by atoms with van der Waals surface area (Å²) in [5.41, 5.74) is 3.36. The van der Waals surface area contributed by atoms with Crippen molar-refractivity contribution in [2.45, 2.75) is 33.7 Å². The standard InChI is InChI=1S/C16H24N4S/c1-5-20(6-2)15(14-7-8-21-11-14)10-17-16-18-12(3)9-13(4)19-16/h7-9,11,15H,5-6,10H2,1-4H3,(H,17,18,19). The minimum absolute atomic E-state index is 0.357. The van der Waals surface area contributed by atoms with Gasteiger partial charge in [0, 0.05) is 17.9 Å². The molecule has 1 unspecified atom stereocenters. The summed E-state index contributed by atoms with van der Waals surface area (Å²) in [6.07, 6.45) is 0. The molecule has 2 aromatic rings. The van der Waals surface area contributed by atoms with E-state index in [0.717, 1.165) is 37.0 Å². The van der Waals surface area contributed by atoms with Crippen LogP contribution in [0.1, 0.15) is 36.8 Å². The van der Waals surface area contributed by atoms with E-state index in [0.29, 0.717) is 6.04 Å². The molecule has 0 aliphatic heterocycles. The first-order chi connectivity index (χ1) is 10.1. The van der Waals surface area contributed by atoms with Crippen LogP contribution in [0.4, 0.5) is 5.95 Å². The topological polar surface area (TPSA) is 41.0 Å². The van der Waals surface area contributed by atoms with Gasteiger partial charge in [0.2, 0.25) is 5.95 Å². The number of aryl methyl sites for hydroxylation is 2. The SMILES string of the molecule is CCN(CC)C(CNc1nc(C)cc(C)n1)c1ccsc1. The second-order valence-corrected chi connectivity index (χ2v) is 5.93. The molecule has 0 spiro atoms. The first kappa shape index (κ1) is 15.9. The van der Waals surface area contributed by atoms with Gasteiger partial charge in [-0.15, -0.1) is 0 Å². The predicted molar refractivity (Wildman–Crippen MR) is 90.0 cm³/mol. The van der Waals surface area contributed by atoms with Gasteiger partial charge in [0.1, 0.15) is 0 Å². The largest absolute Gasteiger partial charge is 0.352 e. The molecule has 1 N–H and O–H groups in total. The highest BCUT2D eigenvalue weighted by Gasteiger charge is 2.18. The first-order valence-corrected chi connectivity index (χ1v) is 8.40. The Morgan fingerprint density at radius 2 is 1.86 bits per heavy atom. The van der Waals surface area contributed by atoms with E-state index >= 15 is 0 Å². The van der Waals surface area contributed by atoms with Gasteiger partial charge in [-0.25, -0.2) is 9.97 Å². The average molecular weight is 304 g/mol. The van der Waals surface area contributed by atoms with Gasteiger partial charge in [-0.3, -0.25) is 4.90 Å². The average Bonchev–Trinajstić information content (AvgIpc) is 2.96. The maximum absolute atomic E-state index is 4.46. The summed E-state index contributed by atoms with van der Waals surface area (Å²) in [6.45, 7) is 11.3. The number of thiophene rings is 1. The lowest BCUT2D eigenvalue weighted by Crippen LogP contribution is -2.33. The quantitative estimate of drug-likeness (QED) is 0.847. The third-order valence-corrected chi connectivity index (χ3v) is 4.32. The minimum Gasteiger partial charge on any atom is -0.352 e. The van der Waals surface area contributed by atoms with Crippen LogP contribution in [0.3, 0.4) is 0 Å². The fourth-order valence-electron chi connectivity index (χ4n) is 2.58. The molecule has 0 saturated carbocycles. The lowest BCUT2D eigenvalue weighted by molar-refractivity contribution is 0.228. The molecular weight excluding hydrogens is 280 g/mol. The molecule has 0 bridgehead atoms. The van der Waals surface area contributed by atoms with Crippen LogP contribution in [0.25, 0.3) is 0 Å². The number of anilines is 1. The molecule has 4 nitrogen and oxygen atoms in total. The first-order valence-electron chi connectivity index (χ1n) is 7.46. The molecule has 2 heterocycles. The summed E-state index contributed by atoms with van der Waals surface area (Å²) >= 11 is 1.75.